The summed E-state index contributed by atoms with van der Waals surface area (Å²) in [6.07, 6.45) is 3.92. The first-order valence-electron chi connectivity index (χ1n) is 10.3. The third-order valence-electron chi connectivity index (χ3n) is 6.37. The van der Waals surface area contributed by atoms with Gasteiger partial charge in [-0.3, -0.25) is 4.99 Å². The largest absolute Gasteiger partial charge is 0.378 e. The van der Waals surface area contributed by atoms with Crippen molar-refractivity contribution in [1.29, 1.82) is 0 Å². The number of hydrogen-bond acceptors (Lipinski definition) is 5. The van der Waals surface area contributed by atoms with Crippen LogP contribution in [-0.4, -0.2) is 71.2 Å². The van der Waals surface area contributed by atoms with Gasteiger partial charge >= 0.3 is 0 Å². The van der Waals surface area contributed by atoms with Crippen molar-refractivity contribution in [1.82, 2.24) is 15.4 Å². The van der Waals surface area contributed by atoms with Crippen LogP contribution in [0, 0.1) is 5.41 Å². The molecule has 0 spiro atoms. The molecular formula is C19H38N4O4S. The van der Waals surface area contributed by atoms with Crippen LogP contribution in [0.2, 0.25) is 0 Å². The van der Waals surface area contributed by atoms with E-state index in [1.54, 1.807) is 7.11 Å². The summed E-state index contributed by atoms with van der Waals surface area (Å²) in [5.74, 6) is 0.602. The molecule has 3 unspecified atom stereocenters. The van der Waals surface area contributed by atoms with Crippen LogP contribution in [0.25, 0.3) is 0 Å². The molecule has 1 aliphatic heterocycles. The maximum atomic E-state index is 12.2. The van der Waals surface area contributed by atoms with Crippen LogP contribution in [0.5, 0.6) is 0 Å². The van der Waals surface area contributed by atoms with Gasteiger partial charge in [-0.05, 0) is 39.5 Å². The van der Waals surface area contributed by atoms with Gasteiger partial charge in [0, 0.05) is 38.3 Å². The number of nitrogens with one attached hydrogen (secondary N) is 3. The normalized spacial score (nSPS) is 30.5. The fourth-order valence-electron chi connectivity index (χ4n) is 3.75. The van der Waals surface area contributed by atoms with Crippen LogP contribution < -0.4 is 15.4 Å². The fourth-order valence-corrected chi connectivity index (χ4v) is 4.66. The summed E-state index contributed by atoms with van der Waals surface area (Å²) >= 11 is 0. The Morgan fingerprint density at radius 3 is 2.61 bits per heavy atom. The van der Waals surface area contributed by atoms with E-state index in [4.69, 9.17) is 9.47 Å². The molecule has 3 N–H and O–H groups in total. The number of guanidine groups is 1. The van der Waals surface area contributed by atoms with Crippen molar-refractivity contribution < 1.29 is 17.9 Å². The highest BCUT2D eigenvalue weighted by Crippen LogP contribution is 2.51. The molecule has 0 aromatic rings. The van der Waals surface area contributed by atoms with E-state index in [1.165, 1.54) is 0 Å². The van der Waals surface area contributed by atoms with Crippen molar-refractivity contribution in [2.45, 2.75) is 71.1 Å². The molecule has 2 aliphatic rings. The lowest BCUT2D eigenvalue weighted by molar-refractivity contribution is -0.176. The molecule has 0 aromatic heterocycles. The van der Waals surface area contributed by atoms with E-state index in [2.05, 4.69) is 41.1 Å². The van der Waals surface area contributed by atoms with Crippen LogP contribution in [0.15, 0.2) is 4.99 Å². The number of sulfonamides is 1. The van der Waals surface area contributed by atoms with E-state index in [0.717, 1.165) is 25.7 Å². The highest BCUT2D eigenvalue weighted by atomic mass is 32.2. The Morgan fingerprint density at radius 1 is 1.29 bits per heavy atom. The second kappa shape index (κ2) is 9.73. The van der Waals surface area contributed by atoms with Crippen LogP contribution in [0.3, 0.4) is 0 Å². The molecule has 2 fully saturated rings. The van der Waals surface area contributed by atoms with Gasteiger partial charge in [-0.25, -0.2) is 13.1 Å². The van der Waals surface area contributed by atoms with E-state index in [9.17, 15) is 8.42 Å². The van der Waals surface area contributed by atoms with Crippen molar-refractivity contribution >= 4 is 16.0 Å². The first-order valence-corrected chi connectivity index (χ1v) is 12.0. The van der Waals surface area contributed by atoms with E-state index < -0.39 is 10.0 Å². The Labute approximate surface area is 170 Å². The number of ether oxygens (including phenoxy) is 2. The second-order valence-electron chi connectivity index (χ2n) is 8.47. The quantitative estimate of drug-likeness (QED) is 0.385. The van der Waals surface area contributed by atoms with Gasteiger partial charge in [-0.1, -0.05) is 13.8 Å². The molecule has 28 heavy (non-hydrogen) atoms. The van der Waals surface area contributed by atoms with Gasteiger partial charge in [0.1, 0.15) is 0 Å². The number of nitrogens with zero attached hydrogens (tertiary/aromatic N) is 1. The Kier molecular flexibility index (Phi) is 8.13. The smallest absolute Gasteiger partial charge is 0.213 e. The van der Waals surface area contributed by atoms with Crippen LogP contribution in [0.1, 0.15) is 53.4 Å². The van der Waals surface area contributed by atoms with Crippen molar-refractivity contribution in [3.05, 3.63) is 0 Å². The van der Waals surface area contributed by atoms with Gasteiger partial charge in [0.15, 0.2) is 5.96 Å². The van der Waals surface area contributed by atoms with E-state index >= 15 is 0 Å². The summed E-state index contributed by atoms with van der Waals surface area (Å²) in [4.78, 5) is 4.46. The van der Waals surface area contributed by atoms with Crippen molar-refractivity contribution in [2.24, 2.45) is 10.4 Å². The summed E-state index contributed by atoms with van der Waals surface area (Å²) in [5.41, 5.74) is -0.220. The maximum absolute atomic E-state index is 12.2. The zero-order valence-electron chi connectivity index (χ0n) is 18.0. The van der Waals surface area contributed by atoms with E-state index in [-0.39, 0.29) is 35.5 Å². The van der Waals surface area contributed by atoms with Crippen molar-refractivity contribution in [2.75, 3.05) is 39.1 Å². The topological polar surface area (TPSA) is 101 Å². The van der Waals surface area contributed by atoms with E-state index in [1.807, 2.05) is 6.92 Å². The number of rotatable bonds is 9. The fraction of sp³-hybridized carbons (Fsp3) is 0.947. The van der Waals surface area contributed by atoms with Gasteiger partial charge in [0.2, 0.25) is 10.0 Å². The molecule has 1 heterocycles. The zero-order chi connectivity index (χ0) is 20.8. The lowest BCUT2D eigenvalue weighted by atomic mass is 9.56. The molecule has 9 heteroatoms. The summed E-state index contributed by atoms with van der Waals surface area (Å²) < 4.78 is 38.4. The highest BCUT2D eigenvalue weighted by Gasteiger charge is 2.58. The molecule has 164 valence electrons. The Balaban J connectivity index is 1.83. The molecule has 8 nitrogen and oxygen atoms in total. The SMILES string of the molecule is CCNC(=NCCS(=O)(=O)NCC1CCCCO1)NC1CC(C)(OC)C1(C)C. The predicted molar refractivity (Wildman–Crippen MR) is 112 cm³/mol. The molecule has 1 saturated carbocycles. The highest BCUT2D eigenvalue weighted by molar-refractivity contribution is 7.89. The Hall–Kier alpha value is -0.900. The van der Waals surface area contributed by atoms with Gasteiger partial charge in [-0.2, -0.15) is 0 Å². The summed E-state index contributed by atoms with van der Waals surface area (Å²) in [7, 11) is -1.63. The third kappa shape index (κ3) is 5.81. The molecule has 1 aliphatic carbocycles. The van der Waals surface area contributed by atoms with Gasteiger partial charge < -0.3 is 20.1 Å². The Morgan fingerprint density at radius 2 is 2.04 bits per heavy atom. The number of methoxy groups -OCH3 is 1. The minimum Gasteiger partial charge on any atom is -0.378 e. The monoisotopic (exact) mass is 418 g/mol. The Bertz CT molecular complexity index is 632. The van der Waals surface area contributed by atoms with Gasteiger partial charge in [-0.15, -0.1) is 0 Å². The molecule has 2 rings (SSSR count). The van der Waals surface area contributed by atoms with Gasteiger partial charge in [0.05, 0.1) is 24.0 Å². The minimum absolute atomic E-state index is 0.0121. The van der Waals surface area contributed by atoms with Crippen molar-refractivity contribution in [3.8, 4) is 0 Å². The standard InChI is InChI=1S/C19H38N4O4S/c1-6-20-17(23-16-13-19(4,26-5)18(16,2)3)21-10-12-28(24,25)22-14-15-9-7-8-11-27-15/h15-16,22H,6-14H2,1-5H3,(H2,20,21,23). The number of hydrogen-bond donors (Lipinski definition) is 3. The molecule has 0 radical (unpaired) electrons. The summed E-state index contributed by atoms with van der Waals surface area (Å²) in [5, 5.41) is 6.63. The molecule has 0 aromatic carbocycles. The second-order valence-corrected chi connectivity index (χ2v) is 10.4. The molecule has 1 saturated heterocycles. The molecular weight excluding hydrogens is 380 g/mol. The minimum atomic E-state index is -3.37. The number of aliphatic imine (C=N–C) groups is 1. The predicted octanol–water partition coefficient (Wildman–Crippen LogP) is 1.23. The summed E-state index contributed by atoms with van der Waals surface area (Å²) in [6.45, 7) is 10.4. The van der Waals surface area contributed by atoms with Crippen molar-refractivity contribution in [3.63, 3.8) is 0 Å². The van der Waals surface area contributed by atoms with Gasteiger partial charge in [0.25, 0.3) is 0 Å². The molecule has 0 amide bonds. The maximum Gasteiger partial charge on any atom is 0.213 e. The zero-order valence-corrected chi connectivity index (χ0v) is 18.8. The summed E-state index contributed by atoms with van der Waals surface area (Å²) in [6, 6.07) is 0.216. The first-order chi connectivity index (χ1) is 13.1. The third-order valence-corrected chi connectivity index (χ3v) is 7.69. The van der Waals surface area contributed by atoms with Crippen LogP contribution in [0.4, 0.5) is 0 Å². The van der Waals surface area contributed by atoms with E-state index in [0.29, 0.717) is 25.7 Å². The average Bonchev–Trinajstić information content (AvgIpc) is 2.66. The van der Waals surface area contributed by atoms with Crippen LogP contribution in [-0.2, 0) is 19.5 Å². The van der Waals surface area contributed by atoms with Crippen LogP contribution >= 0.6 is 0 Å². The first kappa shape index (κ1) is 23.4. The molecule has 0 bridgehead atoms. The average molecular weight is 419 g/mol. The molecule has 3 atom stereocenters. The lowest BCUT2D eigenvalue weighted by Crippen LogP contribution is -2.69. The lowest BCUT2D eigenvalue weighted by Gasteiger charge is -2.59.